The summed E-state index contributed by atoms with van der Waals surface area (Å²) < 4.78 is 55.8. The number of aryl methyl sites for hydroxylation is 2. The van der Waals surface area contributed by atoms with Crippen LogP contribution in [0.2, 0.25) is 0 Å². The summed E-state index contributed by atoms with van der Waals surface area (Å²) in [6.45, 7) is 3.67. The van der Waals surface area contributed by atoms with Crippen LogP contribution in [0, 0.1) is 0 Å². The van der Waals surface area contributed by atoms with Gasteiger partial charge in [-0.3, -0.25) is 9.48 Å². The molecule has 4 aromatic rings. The molecule has 0 spiro atoms. The Kier molecular flexibility index (Phi) is 7.23. The highest BCUT2D eigenvalue weighted by molar-refractivity contribution is 5.81. The maximum atomic E-state index is 12.4. The minimum Gasteiger partial charge on any atom is -0.494 e. The smallest absolute Gasteiger partial charge is 0.494 e. The van der Waals surface area contributed by atoms with Crippen LogP contribution in [0.15, 0.2) is 60.8 Å². The normalized spacial score (nSPS) is 12.5. The fourth-order valence-corrected chi connectivity index (χ4v) is 3.98. The van der Waals surface area contributed by atoms with Crippen molar-refractivity contribution in [3.63, 3.8) is 0 Å². The van der Waals surface area contributed by atoms with Gasteiger partial charge >= 0.3 is 12.3 Å². The molecule has 2 aromatic carbocycles. The molecule has 0 aliphatic heterocycles. The van der Waals surface area contributed by atoms with E-state index in [-0.39, 0.29) is 11.7 Å². The number of esters is 1. The zero-order chi connectivity index (χ0) is 25.9. The van der Waals surface area contributed by atoms with Crippen molar-refractivity contribution < 1.29 is 32.2 Å². The molecular formula is C26H26F3N3O4. The van der Waals surface area contributed by atoms with Crippen molar-refractivity contribution in [2.45, 2.75) is 39.3 Å². The van der Waals surface area contributed by atoms with Crippen molar-refractivity contribution in [2.75, 3.05) is 6.61 Å². The summed E-state index contributed by atoms with van der Waals surface area (Å²) in [4.78, 5) is 11.3. The molecule has 0 aliphatic rings. The number of benzene rings is 2. The van der Waals surface area contributed by atoms with E-state index >= 15 is 0 Å². The number of carbonyl (C=O) groups excluding carboxylic acids is 1. The maximum Gasteiger partial charge on any atom is 0.573 e. The summed E-state index contributed by atoms with van der Waals surface area (Å²) in [7, 11) is 1.83. The number of nitrogens with zero attached hydrogens (tertiary/aromatic N) is 3. The average Bonchev–Trinajstić information content (AvgIpc) is 3.39. The zero-order valence-corrected chi connectivity index (χ0v) is 20.1. The van der Waals surface area contributed by atoms with Gasteiger partial charge in [0, 0.05) is 37.5 Å². The van der Waals surface area contributed by atoms with Crippen molar-refractivity contribution in [1.29, 1.82) is 0 Å². The van der Waals surface area contributed by atoms with Crippen LogP contribution in [0.25, 0.3) is 22.2 Å². The van der Waals surface area contributed by atoms with Crippen LogP contribution in [-0.2, 0) is 23.0 Å². The van der Waals surface area contributed by atoms with E-state index in [0.717, 1.165) is 23.0 Å². The molecule has 0 saturated heterocycles. The number of alkyl halides is 3. The Bertz CT molecular complexity index is 1340. The lowest BCUT2D eigenvalue weighted by Gasteiger charge is -2.15. The van der Waals surface area contributed by atoms with E-state index in [1.54, 1.807) is 23.7 Å². The van der Waals surface area contributed by atoms with Crippen LogP contribution in [-0.4, -0.2) is 33.3 Å². The van der Waals surface area contributed by atoms with Gasteiger partial charge in [-0.2, -0.15) is 5.10 Å². The van der Waals surface area contributed by atoms with E-state index in [9.17, 15) is 18.0 Å². The number of fused-ring (bicyclic) bond motifs is 1. The van der Waals surface area contributed by atoms with E-state index in [0.29, 0.717) is 30.0 Å². The van der Waals surface area contributed by atoms with E-state index < -0.39 is 12.6 Å². The Morgan fingerprint density at radius 3 is 2.47 bits per heavy atom. The van der Waals surface area contributed by atoms with E-state index in [4.69, 9.17) is 9.47 Å². The SMILES string of the molecule is CC(=O)OC(C)n1ccc2ccc(OCCCc3cc(-c4ccc(OC(F)(F)F)cc4)nn3C)cc21. The Morgan fingerprint density at radius 2 is 1.78 bits per heavy atom. The van der Waals surface area contributed by atoms with Gasteiger partial charge in [0.25, 0.3) is 0 Å². The second kappa shape index (κ2) is 10.3. The van der Waals surface area contributed by atoms with Crippen molar-refractivity contribution in [3.8, 4) is 22.8 Å². The highest BCUT2D eigenvalue weighted by Crippen LogP contribution is 2.27. The minimum atomic E-state index is -4.72. The summed E-state index contributed by atoms with van der Waals surface area (Å²) in [5.41, 5.74) is 3.25. The van der Waals surface area contributed by atoms with Gasteiger partial charge in [0.15, 0.2) is 6.23 Å². The average molecular weight is 502 g/mol. The number of hydrogen-bond donors (Lipinski definition) is 0. The standard InChI is InChI=1S/C26H26F3N3O4/c1-17(35-18(2)33)32-13-12-20-8-11-23(16-25(20)32)34-14-4-5-21-15-24(30-31(21)3)19-6-9-22(10-7-19)36-26(27,28)29/h6-13,15-17H,4-5,14H2,1-3H3. The predicted octanol–water partition coefficient (Wildman–Crippen LogP) is 6.03. The van der Waals surface area contributed by atoms with Gasteiger partial charge in [-0.05, 0) is 73.7 Å². The molecule has 10 heteroatoms. The van der Waals surface area contributed by atoms with Crippen LogP contribution < -0.4 is 9.47 Å². The summed E-state index contributed by atoms with van der Waals surface area (Å²) in [6, 6.07) is 15.3. The van der Waals surface area contributed by atoms with Crippen molar-refractivity contribution in [2.24, 2.45) is 7.05 Å². The molecular weight excluding hydrogens is 475 g/mol. The lowest BCUT2D eigenvalue weighted by atomic mass is 10.1. The Hall–Kier alpha value is -3.95. The van der Waals surface area contributed by atoms with Crippen molar-refractivity contribution >= 4 is 16.9 Å². The molecule has 4 rings (SSSR count). The van der Waals surface area contributed by atoms with E-state index in [2.05, 4.69) is 9.84 Å². The number of rotatable bonds is 9. The largest absolute Gasteiger partial charge is 0.573 e. The van der Waals surface area contributed by atoms with Crippen LogP contribution in [0.4, 0.5) is 13.2 Å². The van der Waals surface area contributed by atoms with Crippen molar-refractivity contribution in [1.82, 2.24) is 14.3 Å². The van der Waals surface area contributed by atoms with E-state index in [1.165, 1.54) is 19.1 Å². The van der Waals surface area contributed by atoms with Gasteiger partial charge in [-0.1, -0.05) is 0 Å². The van der Waals surface area contributed by atoms with Crippen LogP contribution in [0.1, 0.15) is 32.2 Å². The predicted molar refractivity (Wildman–Crippen MR) is 128 cm³/mol. The van der Waals surface area contributed by atoms with Crippen molar-refractivity contribution in [3.05, 3.63) is 66.5 Å². The fourth-order valence-electron chi connectivity index (χ4n) is 3.98. The van der Waals surface area contributed by atoms with E-state index in [1.807, 2.05) is 48.1 Å². The molecule has 0 fully saturated rings. The molecule has 7 nitrogen and oxygen atoms in total. The first kappa shape index (κ1) is 25.2. The third kappa shape index (κ3) is 6.18. The number of halogens is 3. The lowest BCUT2D eigenvalue weighted by molar-refractivity contribution is -0.274. The van der Waals surface area contributed by atoms with Crippen LogP contribution in [0.3, 0.4) is 0 Å². The third-order valence-electron chi connectivity index (χ3n) is 5.63. The topological polar surface area (TPSA) is 67.5 Å². The molecule has 2 heterocycles. The Labute approximate surface area is 206 Å². The third-order valence-corrected chi connectivity index (χ3v) is 5.63. The molecule has 1 atom stereocenters. The highest BCUT2D eigenvalue weighted by Gasteiger charge is 2.31. The molecule has 0 saturated carbocycles. The number of carbonyl (C=O) groups is 1. The van der Waals surface area contributed by atoms with Gasteiger partial charge in [0.1, 0.15) is 11.5 Å². The fraction of sp³-hybridized carbons (Fsp3) is 0.308. The molecule has 0 radical (unpaired) electrons. The first-order valence-electron chi connectivity index (χ1n) is 11.4. The summed E-state index contributed by atoms with van der Waals surface area (Å²) in [6.07, 6.45) is -1.83. The Morgan fingerprint density at radius 1 is 1.06 bits per heavy atom. The minimum absolute atomic E-state index is 0.272. The number of aromatic nitrogens is 3. The van der Waals surface area contributed by atoms with Gasteiger partial charge < -0.3 is 18.8 Å². The number of hydrogen-bond acceptors (Lipinski definition) is 5. The quantitative estimate of drug-likeness (QED) is 0.207. The monoisotopic (exact) mass is 501 g/mol. The lowest BCUT2D eigenvalue weighted by Crippen LogP contribution is -2.16. The first-order chi connectivity index (χ1) is 17.1. The molecule has 36 heavy (non-hydrogen) atoms. The zero-order valence-electron chi connectivity index (χ0n) is 20.1. The molecule has 0 amide bonds. The van der Waals surface area contributed by atoms with Gasteiger partial charge in [0.05, 0.1) is 17.8 Å². The summed E-state index contributed by atoms with van der Waals surface area (Å²) in [5.74, 6) is 0.0951. The Balaban J connectivity index is 1.34. The molecule has 0 aliphatic carbocycles. The van der Waals surface area contributed by atoms with Gasteiger partial charge in [-0.15, -0.1) is 13.2 Å². The molecule has 2 aromatic heterocycles. The second-order valence-electron chi connectivity index (χ2n) is 8.32. The summed E-state index contributed by atoms with van der Waals surface area (Å²) in [5, 5.41) is 5.49. The van der Waals surface area contributed by atoms with Gasteiger partial charge in [0.2, 0.25) is 0 Å². The molecule has 190 valence electrons. The molecule has 1 unspecified atom stereocenters. The number of ether oxygens (including phenoxy) is 3. The summed E-state index contributed by atoms with van der Waals surface area (Å²) >= 11 is 0. The highest BCUT2D eigenvalue weighted by atomic mass is 19.4. The van der Waals surface area contributed by atoms with Gasteiger partial charge in [-0.25, -0.2) is 0 Å². The molecule has 0 bridgehead atoms. The van der Waals surface area contributed by atoms with Crippen LogP contribution in [0.5, 0.6) is 11.5 Å². The van der Waals surface area contributed by atoms with Crippen LogP contribution >= 0.6 is 0 Å². The molecule has 0 N–H and O–H groups in total. The first-order valence-corrected chi connectivity index (χ1v) is 11.4. The maximum absolute atomic E-state index is 12.4. The second-order valence-corrected chi connectivity index (χ2v) is 8.32.